The number of anilines is 2. The molecule has 0 spiro atoms. The molecule has 0 bridgehead atoms. The Hall–Kier alpha value is -2.20. The van der Waals surface area contributed by atoms with Crippen molar-refractivity contribution >= 4 is 28.9 Å². The van der Waals surface area contributed by atoms with Gasteiger partial charge in [-0.25, -0.2) is 0 Å². The van der Waals surface area contributed by atoms with Gasteiger partial charge >= 0.3 is 0 Å². The summed E-state index contributed by atoms with van der Waals surface area (Å²) >= 11 is 6.09. The van der Waals surface area contributed by atoms with Gasteiger partial charge in [-0.15, -0.1) is 0 Å². The van der Waals surface area contributed by atoms with Gasteiger partial charge < -0.3 is 15.7 Å². The van der Waals surface area contributed by atoms with Gasteiger partial charge in [-0.3, -0.25) is 4.79 Å². The minimum absolute atomic E-state index is 0.0205. The smallest absolute Gasteiger partial charge is 0.260 e. The normalized spacial score (nSPS) is 16.9. The number of nitrogen functional groups attached to an aromatic ring is 1. The first-order valence-electron chi connectivity index (χ1n) is 6.68. The van der Waals surface area contributed by atoms with Crippen LogP contribution >= 0.6 is 11.6 Å². The fourth-order valence-electron chi connectivity index (χ4n) is 2.77. The topological polar surface area (TPSA) is 66.6 Å². The summed E-state index contributed by atoms with van der Waals surface area (Å²) in [6, 6.07) is 9.92. The van der Waals surface area contributed by atoms with Gasteiger partial charge in [0, 0.05) is 17.4 Å². The van der Waals surface area contributed by atoms with Gasteiger partial charge in [-0.05, 0) is 55.3 Å². The SMILES string of the molecule is CC1Cc2cc(N)ccc2N1C(=O)c1cc(O)ccc1Cl. The fourth-order valence-corrected chi connectivity index (χ4v) is 2.97. The third-order valence-corrected chi connectivity index (χ3v) is 4.05. The van der Waals surface area contributed by atoms with E-state index in [1.165, 1.54) is 18.2 Å². The predicted octanol–water partition coefficient (Wildman–Crippen LogP) is 3.22. The van der Waals surface area contributed by atoms with Crippen LogP contribution in [0.5, 0.6) is 5.75 Å². The molecule has 0 fully saturated rings. The standard InChI is InChI=1S/C16H15ClN2O2/c1-9-6-10-7-11(18)2-5-15(10)19(9)16(21)13-8-12(20)3-4-14(13)17/h2-5,7-9,20H,6,18H2,1H3. The van der Waals surface area contributed by atoms with Crippen molar-refractivity contribution in [1.29, 1.82) is 0 Å². The first-order chi connectivity index (χ1) is 9.97. The molecular formula is C16H15ClN2O2. The highest BCUT2D eigenvalue weighted by Crippen LogP contribution is 2.35. The molecule has 1 aliphatic heterocycles. The Labute approximate surface area is 127 Å². The number of carbonyl (C=O) groups is 1. The molecule has 2 aromatic carbocycles. The van der Waals surface area contributed by atoms with Crippen LogP contribution in [0.2, 0.25) is 5.02 Å². The highest BCUT2D eigenvalue weighted by atomic mass is 35.5. The predicted molar refractivity (Wildman–Crippen MR) is 83.9 cm³/mol. The number of hydrogen-bond acceptors (Lipinski definition) is 3. The Bertz CT molecular complexity index is 730. The summed E-state index contributed by atoms with van der Waals surface area (Å²) in [6.45, 7) is 1.98. The first-order valence-corrected chi connectivity index (χ1v) is 7.05. The summed E-state index contributed by atoms with van der Waals surface area (Å²) in [6.07, 6.45) is 0.753. The van der Waals surface area contributed by atoms with Crippen molar-refractivity contribution in [3.63, 3.8) is 0 Å². The molecule has 0 saturated carbocycles. The summed E-state index contributed by atoms with van der Waals surface area (Å²) in [5, 5.41) is 9.91. The number of phenols is 1. The molecule has 0 aliphatic carbocycles. The molecule has 108 valence electrons. The third kappa shape index (κ3) is 2.32. The molecule has 1 heterocycles. The average Bonchev–Trinajstić information content (AvgIpc) is 2.75. The zero-order valence-corrected chi connectivity index (χ0v) is 12.3. The maximum Gasteiger partial charge on any atom is 0.260 e. The molecule has 4 nitrogen and oxygen atoms in total. The van der Waals surface area contributed by atoms with Crippen molar-refractivity contribution in [3.8, 4) is 5.75 Å². The maximum absolute atomic E-state index is 12.8. The van der Waals surface area contributed by atoms with Crippen LogP contribution in [-0.4, -0.2) is 17.1 Å². The Morgan fingerprint density at radius 1 is 1.33 bits per heavy atom. The lowest BCUT2D eigenvalue weighted by atomic mass is 10.1. The monoisotopic (exact) mass is 302 g/mol. The second kappa shape index (κ2) is 4.97. The number of rotatable bonds is 1. The largest absolute Gasteiger partial charge is 0.508 e. The van der Waals surface area contributed by atoms with Crippen LogP contribution < -0.4 is 10.6 Å². The molecule has 0 radical (unpaired) electrons. The Kier molecular flexibility index (Phi) is 3.26. The molecule has 1 unspecified atom stereocenters. The minimum atomic E-state index is -0.216. The van der Waals surface area contributed by atoms with E-state index in [1.54, 1.807) is 11.0 Å². The molecule has 1 amide bonds. The van der Waals surface area contributed by atoms with Crippen molar-refractivity contribution in [1.82, 2.24) is 0 Å². The molecule has 3 N–H and O–H groups in total. The Morgan fingerprint density at radius 2 is 2.10 bits per heavy atom. The van der Waals surface area contributed by atoms with Crippen LogP contribution in [0.25, 0.3) is 0 Å². The van der Waals surface area contributed by atoms with E-state index in [9.17, 15) is 9.90 Å². The molecule has 0 aromatic heterocycles. The fraction of sp³-hybridized carbons (Fsp3) is 0.188. The van der Waals surface area contributed by atoms with Gasteiger partial charge in [0.05, 0.1) is 10.6 Å². The van der Waals surface area contributed by atoms with Crippen molar-refractivity contribution in [2.24, 2.45) is 0 Å². The number of amides is 1. The molecule has 5 heteroatoms. The molecule has 1 atom stereocenters. The number of phenolic OH excluding ortho intramolecular Hbond substituents is 1. The van der Waals surface area contributed by atoms with Crippen molar-refractivity contribution in [2.75, 3.05) is 10.6 Å². The summed E-state index contributed by atoms with van der Waals surface area (Å²) in [7, 11) is 0. The number of hydrogen-bond donors (Lipinski definition) is 2. The summed E-state index contributed by atoms with van der Waals surface area (Å²) in [4.78, 5) is 14.5. The van der Waals surface area contributed by atoms with E-state index < -0.39 is 0 Å². The van der Waals surface area contributed by atoms with E-state index in [-0.39, 0.29) is 17.7 Å². The first kappa shape index (κ1) is 13.8. The van der Waals surface area contributed by atoms with Gasteiger partial charge in [-0.2, -0.15) is 0 Å². The van der Waals surface area contributed by atoms with Gasteiger partial charge in [0.1, 0.15) is 5.75 Å². The second-order valence-electron chi connectivity index (χ2n) is 5.28. The van der Waals surface area contributed by atoms with Gasteiger partial charge in [0.15, 0.2) is 0 Å². The van der Waals surface area contributed by atoms with E-state index in [4.69, 9.17) is 17.3 Å². The van der Waals surface area contributed by atoms with E-state index in [2.05, 4.69) is 0 Å². The molecular weight excluding hydrogens is 288 g/mol. The van der Waals surface area contributed by atoms with Crippen molar-refractivity contribution in [3.05, 3.63) is 52.5 Å². The lowest BCUT2D eigenvalue weighted by molar-refractivity contribution is 0.0981. The summed E-state index contributed by atoms with van der Waals surface area (Å²) in [5.41, 5.74) is 8.68. The highest BCUT2D eigenvalue weighted by molar-refractivity contribution is 6.34. The van der Waals surface area contributed by atoms with E-state index in [0.717, 1.165) is 17.7 Å². The number of carbonyl (C=O) groups excluding carboxylic acids is 1. The van der Waals surface area contributed by atoms with Crippen LogP contribution in [-0.2, 0) is 6.42 Å². The number of fused-ring (bicyclic) bond motifs is 1. The minimum Gasteiger partial charge on any atom is -0.508 e. The lowest BCUT2D eigenvalue weighted by Gasteiger charge is -2.23. The maximum atomic E-state index is 12.8. The number of halogens is 1. The summed E-state index contributed by atoms with van der Waals surface area (Å²) in [5.74, 6) is -0.195. The zero-order chi connectivity index (χ0) is 15.1. The number of nitrogens with two attached hydrogens (primary N) is 1. The zero-order valence-electron chi connectivity index (χ0n) is 11.5. The van der Waals surface area contributed by atoms with E-state index >= 15 is 0 Å². The number of aromatic hydroxyl groups is 1. The Morgan fingerprint density at radius 3 is 2.86 bits per heavy atom. The number of nitrogens with zero attached hydrogens (tertiary/aromatic N) is 1. The van der Waals surface area contributed by atoms with Crippen LogP contribution in [0.3, 0.4) is 0 Å². The van der Waals surface area contributed by atoms with Crippen molar-refractivity contribution in [2.45, 2.75) is 19.4 Å². The van der Waals surface area contributed by atoms with E-state index in [1.807, 2.05) is 19.1 Å². The van der Waals surface area contributed by atoms with Crippen LogP contribution in [0.4, 0.5) is 11.4 Å². The Balaban J connectivity index is 2.05. The van der Waals surface area contributed by atoms with Gasteiger partial charge in [0.25, 0.3) is 5.91 Å². The molecule has 0 saturated heterocycles. The molecule has 21 heavy (non-hydrogen) atoms. The van der Waals surface area contributed by atoms with E-state index in [0.29, 0.717) is 16.3 Å². The lowest BCUT2D eigenvalue weighted by Crippen LogP contribution is -2.35. The highest BCUT2D eigenvalue weighted by Gasteiger charge is 2.32. The third-order valence-electron chi connectivity index (χ3n) is 3.72. The van der Waals surface area contributed by atoms with Crippen LogP contribution in [0.15, 0.2) is 36.4 Å². The van der Waals surface area contributed by atoms with Gasteiger partial charge in [-0.1, -0.05) is 11.6 Å². The second-order valence-corrected chi connectivity index (χ2v) is 5.69. The van der Waals surface area contributed by atoms with Crippen LogP contribution in [0, 0.1) is 0 Å². The van der Waals surface area contributed by atoms with Gasteiger partial charge in [0.2, 0.25) is 0 Å². The number of benzene rings is 2. The molecule has 3 rings (SSSR count). The summed E-state index contributed by atoms with van der Waals surface area (Å²) < 4.78 is 0. The molecule has 2 aromatic rings. The molecule has 1 aliphatic rings. The van der Waals surface area contributed by atoms with Crippen molar-refractivity contribution < 1.29 is 9.90 Å². The quantitative estimate of drug-likeness (QED) is 0.795. The average molecular weight is 303 g/mol. The van der Waals surface area contributed by atoms with Crippen LogP contribution in [0.1, 0.15) is 22.8 Å².